The third kappa shape index (κ3) is 3.81. The molecule has 3 unspecified atom stereocenters. The van der Waals surface area contributed by atoms with Gasteiger partial charge in [0.2, 0.25) is 5.96 Å². The zero-order chi connectivity index (χ0) is 24.1. The van der Waals surface area contributed by atoms with Crippen molar-refractivity contribution < 1.29 is 14.9 Å². The first-order valence-corrected chi connectivity index (χ1v) is 12.9. The molecule has 8 heteroatoms. The van der Waals surface area contributed by atoms with Crippen molar-refractivity contribution in [3.05, 3.63) is 0 Å². The topological polar surface area (TPSA) is 141 Å². The molecule has 4 aliphatic carbocycles. The van der Waals surface area contributed by atoms with Gasteiger partial charge in [0.25, 0.3) is 0 Å². The van der Waals surface area contributed by atoms with Crippen molar-refractivity contribution in [2.45, 2.75) is 95.4 Å². The van der Waals surface area contributed by atoms with Gasteiger partial charge in [-0.05, 0) is 93.9 Å². The third-order valence-electron chi connectivity index (χ3n) is 10.5. The number of nitrogens with two attached hydrogens (primary N) is 2. The number of fused-ring (bicyclic) bond motifs is 5. The largest absolute Gasteiger partial charge is 0.389 e. The fourth-order valence-corrected chi connectivity index (χ4v) is 8.18. The minimum absolute atomic E-state index is 0.175. The summed E-state index contributed by atoms with van der Waals surface area (Å²) < 4.78 is 6.14. The Morgan fingerprint density at radius 3 is 2.58 bits per heavy atom. The second-order valence-corrected chi connectivity index (χ2v) is 11.8. The molecule has 0 spiro atoms. The van der Waals surface area contributed by atoms with Gasteiger partial charge in [0.1, 0.15) is 5.60 Å². The van der Waals surface area contributed by atoms with Crippen molar-refractivity contribution in [2.24, 2.45) is 45.2 Å². The maximum atomic E-state index is 12.2. The molecule has 4 aliphatic rings. The van der Waals surface area contributed by atoms with Gasteiger partial charge in [0.05, 0.1) is 17.9 Å². The van der Waals surface area contributed by atoms with Crippen molar-refractivity contribution in [1.82, 2.24) is 5.01 Å². The molecule has 7 N–H and O–H groups in total. The van der Waals surface area contributed by atoms with E-state index in [2.05, 4.69) is 12.0 Å². The van der Waals surface area contributed by atoms with E-state index in [0.717, 1.165) is 58.0 Å². The molecule has 4 saturated carbocycles. The Labute approximate surface area is 198 Å². The van der Waals surface area contributed by atoms with Crippen LogP contribution in [0.1, 0.15) is 78.1 Å². The Morgan fingerprint density at radius 2 is 1.88 bits per heavy atom. The number of rotatable bonds is 6. The molecule has 0 radical (unpaired) electrons. The highest BCUT2D eigenvalue weighted by atomic mass is 16.5. The van der Waals surface area contributed by atoms with Crippen LogP contribution in [0.3, 0.4) is 0 Å². The molecule has 0 aliphatic heterocycles. The summed E-state index contributed by atoms with van der Waals surface area (Å²) in [6.45, 7) is 5.94. The fraction of sp³-hybridized carbons (Fsp3) is 0.920. The first-order chi connectivity index (χ1) is 15.5. The lowest BCUT2D eigenvalue weighted by atomic mass is 9.43. The van der Waals surface area contributed by atoms with E-state index in [-0.39, 0.29) is 17.3 Å². The van der Waals surface area contributed by atoms with E-state index in [1.807, 2.05) is 6.92 Å². The first kappa shape index (κ1) is 24.9. The van der Waals surface area contributed by atoms with Crippen LogP contribution in [0, 0.1) is 34.0 Å². The van der Waals surface area contributed by atoms with E-state index >= 15 is 0 Å². The smallest absolute Gasteiger partial charge is 0.208 e. The SMILES string of the molecule is CN(/N=C/C1(O)CC[C@@]2(O)[C@@H]3CCC4CC(OCCCN)CC[C@]4(C)[C@@H]3CC[C@]12C)C(=N)N. The molecular weight excluding hydrogens is 418 g/mol. The normalized spacial score (nSPS) is 47.1. The summed E-state index contributed by atoms with van der Waals surface area (Å²) in [5, 5.41) is 37.0. The standard InChI is InChI=1S/C25H45N5O3/c1-22-9-7-18(33-14-4-13-26)15-17(22)5-6-20-19(22)8-10-23(2)24(31,11-12-25(20,23)32)16-29-30(3)21(27)28/h16-20,31-32H,4-15,26H2,1-3H3,(H3,27,28)/b29-16+/t17?,18?,19-,20-,22+,23-,24?,25-/m1/s1. The van der Waals surface area contributed by atoms with Crippen molar-refractivity contribution in [1.29, 1.82) is 5.41 Å². The Morgan fingerprint density at radius 1 is 1.12 bits per heavy atom. The van der Waals surface area contributed by atoms with Crippen LogP contribution in [-0.2, 0) is 4.74 Å². The lowest BCUT2D eigenvalue weighted by molar-refractivity contribution is -0.225. The van der Waals surface area contributed by atoms with E-state index < -0.39 is 16.6 Å². The highest BCUT2D eigenvalue weighted by Crippen LogP contribution is 2.69. The minimum Gasteiger partial charge on any atom is -0.389 e. The molecule has 8 atom stereocenters. The van der Waals surface area contributed by atoms with Gasteiger partial charge < -0.3 is 26.4 Å². The number of nitrogens with zero attached hydrogens (tertiary/aromatic N) is 2. The maximum Gasteiger partial charge on any atom is 0.208 e. The van der Waals surface area contributed by atoms with Crippen molar-refractivity contribution >= 4 is 12.2 Å². The van der Waals surface area contributed by atoms with Crippen LogP contribution in [0.4, 0.5) is 0 Å². The second kappa shape index (κ2) is 8.77. The molecule has 0 aromatic rings. The highest BCUT2D eigenvalue weighted by Gasteiger charge is 2.71. The second-order valence-electron chi connectivity index (χ2n) is 11.8. The summed E-state index contributed by atoms with van der Waals surface area (Å²) in [6.07, 6.45) is 11.1. The zero-order valence-corrected chi connectivity index (χ0v) is 20.7. The summed E-state index contributed by atoms with van der Waals surface area (Å²) in [5.74, 6) is 1.12. The lowest BCUT2D eigenvalue weighted by Crippen LogP contribution is -2.65. The molecule has 4 fully saturated rings. The summed E-state index contributed by atoms with van der Waals surface area (Å²) in [7, 11) is 1.60. The lowest BCUT2D eigenvalue weighted by Gasteiger charge is -2.64. The van der Waals surface area contributed by atoms with Gasteiger partial charge in [-0.1, -0.05) is 13.8 Å². The Balaban J connectivity index is 1.53. The summed E-state index contributed by atoms with van der Waals surface area (Å²) in [4.78, 5) is 0. The highest BCUT2D eigenvalue weighted by molar-refractivity contribution is 5.77. The molecule has 0 saturated heterocycles. The number of hydrazone groups is 1. The van der Waals surface area contributed by atoms with Crippen LogP contribution in [0.15, 0.2) is 5.10 Å². The van der Waals surface area contributed by atoms with Gasteiger partial charge in [-0.2, -0.15) is 5.10 Å². The fourth-order valence-electron chi connectivity index (χ4n) is 8.18. The third-order valence-corrected chi connectivity index (χ3v) is 10.5. The monoisotopic (exact) mass is 463 g/mol. The molecule has 0 heterocycles. The molecule has 0 aromatic carbocycles. The van der Waals surface area contributed by atoms with Crippen LogP contribution in [-0.4, -0.2) is 64.9 Å². The minimum atomic E-state index is -1.21. The van der Waals surface area contributed by atoms with Crippen LogP contribution in [0.2, 0.25) is 0 Å². The van der Waals surface area contributed by atoms with E-state index in [4.69, 9.17) is 21.6 Å². The van der Waals surface area contributed by atoms with Gasteiger partial charge in [-0.15, -0.1) is 0 Å². The van der Waals surface area contributed by atoms with E-state index in [1.54, 1.807) is 7.05 Å². The Hall–Kier alpha value is -1.22. The van der Waals surface area contributed by atoms with Crippen LogP contribution < -0.4 is 11.5 Å². The first-order valence-electron chi connectivity index (χ1n) is 12.9. The number of aliphatic hydroxyl groups is 2. The average molecular weight is 464 g/mol. The van der Waals surface area contributed by atoms with Gasteiger partial charge in [0, 0.05) is 19.1 Å². The molecule has 188 valence electrons. The average Bonchev–Trinajstić information content (AvgIpc) is 2.99. The summed E-state index contributed by atoms with van der Waals surface area (Å²) in [6, 6.07) is 0. The van der Waals surface area contributed by atoms with E-state index in [0.29, 0.717) is 37.3 Å². The van der Waals surface area contributed by atoms with Gasteiger partial charge in [-0.25, -0.2) is 5.01 Å². The molecule has 0 bridgehead atoms. The number of hydrogen-bond donors (Lipinski definition) is 5. The summed E-state index contributed by atoms with van der Waals surface area (Å²) >= 11 is 0. The van der Waals surface area contributed by atoms with Crippen molar-refractivity contribution in [2.75, 3.05) is 20.2 Å². The van der Waals surface area contributed by atoms with Crippen molar-refractivity contribution in [3.63, 3.8) is 0 Å². The summed E-state index contributed by atoms with van der Waals surface area (Å²) in [5.41, 5.74) is 8.59. The number of hydrogen-bond acceptors (Lipinski definition) is 6. The van der Waals surface area contributed by atoms with E-state index in [9.17, 15) is 10.2 Å². The van der Waals surface area contributed by atoms with Crippen molar-refractivity contribution in [3.8, 4) is 0 Å². The number of guanidine groups is 1. The maximum absolute atomic E-state index is 12.2. The Kier molecular flexibility index (Phi) is 6.62. The van der Waals surface area contributed by atoms with Gasteiger partial charge in [0.15, 0.2) is 0 Å². The number of ether oxygens (including phenoxy) is 1. The van der Waals surface area contributed by atoms with Crippen LogP contribution >= 0.6 is 0 Å². The molecule has 0 amide bonds. The molecular formula is C25H45N5O3. The van der Waals surface area contributed by atoms with Gasteiger partial charge >= 0.3 is 0 Å². The predicted molar refractivity (Wildman–Crippen MR) is 130 cm³/mol. The quantitative estimate of drug-likeness (QED) is 0.177. The molecule has 33 heavy (non-hydrogen) atoms. The molecule has 4 rings (SSSR count). The van der Waals surface area contributed by atoms with Crippen LogP contribution in [0.25, 0.3) is 0 Å². The molecule has 0 aromatic heterocycles. The van der Waals surface area contributed by atoms with Gasteiger partial charge in [-0.3, -0.25) is 5.41 Å². The number of nitrogens with one attached hydrogen (secondary N) is 1. The van der Waals surface area contributed by atoms with E-state index in [1.165, 1.54) is 11.2 Å². The Bertz CT molecular complexity index is 779. The van der Waals surface area contributed by atoms with Crippen LogP contribution in [0.5, 0.6) is 0 Å². The zero-order valence-electron chi connectivity index (χ0n) is 20.7. The predicted octanol–water partition coefficient (Wildman–Crippen LogP) is 2.42. The molecule has 8 nitrogen and oxygen atoms in total.